The lowest BCUT2D eigenvalue weighted by atomic mass is 9.96. The number of amides is 1. The molecule has 1 aromatic heterocycles. The van der Waals surface area contributed by atoms with Gasteiger partial charge in [0.1, 0.15) is 17.6 Å². The Labute approximate surface area is 136 Å². The van der Waals surface area contributed by atoms with Crippen molar-refractivity contribution in [1.29, 1.82) is 0 Å². The third kappa shape index (κ3) is 4.28. The monoisotopic (exact) mass is 315 g/mol. The second kappa shape index (κ2) is 7.55. The number of benzene rings is 1. The summed E-state index contributed by atoms with van der Waals surface area (Å²) >= 11 is 0. The van der Waals surface area contributed by atoms with Gasteiger partial charge in [0.15, 0.2) is 0 Å². The van der Waals surface area contributed by atoms with Crippen molar-refractivity contribution in [3.05, 3.63) is 24.3 Å². The zero-order valence-electron chi connectivity index (χ0n) is 13.7. The Morgan fingerprint density at radius 3 is 2.48 bits per heavy atom. The molecule has 2 aromatic rings. The van der Waals surface area contributed by atoms with Crippen LogP contribution in [-0.2, 0) is 11.3 Å². The van der Waals surface area contributed by atoms with Crippen molar-refractivity contribution >= 4 is 16.9 Å². The zero-order chi connectivity index (χ0) is 16.1. The maximum atomic E-state index is 12.1. The van der Waals surface area contributed by atoms with Gasteiger partial charge in [0.25, 0.3) is 0 Å². The van der Waals surface area contributed by atoms with Crippen LogP contribution in [0, 0.1) is 5.92 Å². The molecule has 0 unspecified atom stereocenters. The molecule has 1 saturated heterocycles. The Balaban J connectivity index is 1.43. The van der Waals surface area contributed by atoms with Crippen molar-refractivity contribution in [1.82, 2.24) is 25.2 Å². The molecular weight excluding hydrogens is 290 g/mol. The maximum absolute atomic E-state index is 12.1. The van der Waals surface area contributed by atoms with Crippen molar-refractivity contribution in [2.75, 3.05) is 26.2 Å². The fourth-order valence-corrected chi connectivity index (χ4v) is 3.15. The molecule has 0 atom stereocenters. The van der Waals surface area contributed by atoms with Crippen LogP contribution in [0.15, 0.2) is 24.3 Å². The fraction of sp³-hybridized carbons (Fsp3) is 0.588. The van der Waals surface area contributed by atoms with Crippen LogP contribution >= 0.6 is 0 Å². The number of rotatable bonds is 6. The van der Waals surface area contributed by atoms with Crippen molar-refractivity contribution in [2.45, 2.75) is 32.7 Å². The van der Waals surface area contributed by atoms with Crippen LogP contribution < -0.4 is 5.32 Å². The molecule has 1 fully saturated rings. The van der Waals surface area contributed by atoms with E-state index in [-0.39, 0.29) is 12.5 Å². The summed E-state index contributed by atoms with van der Waals surface area (Å²) in [7, 11) is 0. The Hall–Kier alpha value is -1.95. The standard InChI is InChI=1S/C17H25N5O/c1-2-9-21-10-7-14(8-11-21)12-18-17(23)13-22-19-15-5-3-4-6-16(15)20-22/h3-6,14H,2,7-13H2,1H3,(H,18,23). The van der Waals surface area contributed by atoms with Crippen LogP contribution in [-0.4, -0.2) is 52.0 Å². The summed E-state index contributed by atoms with van der Waals surface area (Å²) in [5, 5.41) is 11.7. The van der Waals surface area contributed by atoms with E-state index in [1.165, 1.54) is 30.6 Å². The van der Waals surface area contributed by atoms with Gasteiger partial charge in [-0.05, 0) is 56.9 Å². The minimum atomic E-state index is -0.0127. The largest absolute Gasteiger partial charge is 0.354 e. The third-order valence-electron chi connectivity index (χ3n) is 4.45. The minimum absolute atomic E-state index is 0.0127. The number of piperidine rings is 1. The minimum Gasteiger partial charge on any atom is -0.354 e. The fourth-order valence-electron chi connectivity index (χ4n) is 3.15. The SMILES string of the molecule is CCCN1CCC(CNC(=O)Cn2nc3ccccc3n2)CC1. The van der Waals surface area contributed by atoms with Gasteiger partial charge in [0, 0.05) is 6.54 Å². The first-order chi connectivity index (χ1) is 11.2. The first-order valence-electron chi connectivity index (χ1n) is 8.53. The summed E-state index contributed by atoms with van der Waals surface area (Å²) in [5.74, 6) is 0.581. The van der Waals surface area contributed by atoms with Gasteiger partial charge in [-0.25, -0.2) is 0 Å². The molecule has 0 spiro atoms. The van der Waals surface area contributed by atoms with Gasteiger partial charge >= 0.3 is 0 Å². The second-order valence-electron chi connectivity index (χ2n) is 6.31. The predicted octanol–water partition coefficient (Wildman–Crippen LogP) is 1.67. The number of hydrogen-bond acceptors (Lipinski definition) is 4. The summed E-state index contributed by atoms with van der Waals surface area (Å²) in [4.78, 5) is 16.1. The number of carbonyl (C=O) groups is 1. The molecule has 1 aromatic carbocycles. The van der Waals surface area contributed by atoms with Gasteiger partial charge < -0.3 is 10.2 Å². The third-order valence-corrected chi connectivity index (χ3v) is 4.45. The predicted molar refractivity (Wildman–Crippen MR) is 90.0 cm³/mol. The lowest BCUT2D eigenvalue weighted by Crippen LogP contribution is -2.39. The molecule has 1 aliphatic rings. The van der Waals surface area contributed by atoms with Gasteiger partial charge in [-0.3, -0.25) is 4.79 Å². The van der Waals surface area contributed by atoms with Crippen molar-refractivity contribution in [3.63, 3.8) is 0 Å². The quantitative estimate of drug-likeness (QED) is 0.881. The molecule has 0 bridgehead atoms. The highest BCUT2D eigenvalue weighted by Crippen LogP contribution is 2.16. The normalized spacial score (nSPS) is 16.7. The van der Waals surface area contributed by atoms with Crippen LogP contribution in [0.2, 0.25) is 0 Å². The Morgan fingerprint density at radius 2 is 1.87 bits per heavy atom. The van der Waals surface area contributed by atoms with Gasteiger partial charge in [0.05, 0.1) is 0 Å². The summed E-state index contributed by atoms with van der Waals surface area (Å²) < 4.78 is 0. The van der Waals surface area contributed by atoms with Crippen molar-refractivity contribution in [2.24, 2.45) is 5.92 Å². The van der Waals surface area contributed by atoms with Gasteiger partial charge in [-0.15, -0.1) is 0 Å². The van der Waals surface area contributed by atoms with E-state index in [0.717, 1.165) is 30.7 Å². The van der Waals surface area contributed by atoms with E-state index < -0.39 is 0 Å². The van der Waals surface area contributed by atoms with Crippen LogP contribution in [0.4, 0.5) is 0 Å². The Kier molecular flexibility index (Phi) is 5.23. The molecular formula is C17H25N5O. The average molecular weight is 315 g/mol. The maximum Gasteiger partial charge on any atom is 0.243 e. The molecule has 3 rings (SSSR count). The van der Waals surface area contributed by atoms with Crippen molar-refractivity contribution in [3.8, 4) is 0 Å². The van der Waals surface area contributed by atoms with Gasteiger partial charge in [-0.1, -0.05) is 19.1 Å². The first-order valence-corrected chi connectivity index (χ1v) is 8.53. The van der Waals surface area contributed by atoms with E-state index in [4.69, 9.17) is 0 Å². The van der Waals surface area contributed by atoms with E-state index in [9.17, 15) is 4.79 Å². The molecule has 0 aliphatic carbocycles. The molecule has 2 heterocycles. The van der Waals surface area contributed by atoms with Crippen LogP contribution in [0.1, 0.15) is 26.2 Å². The average Bonchev–Trinajstić information content (AvgIpc) is 2.96. The molecule has 124 valence electrons. The van der Waals surface area contributed by atoms with E-state index >= 15 is 0 Å². The molecule has 0 saturated carbocycles. The van der Waals surface area contributed by atoms with Crippen LogP contribution in [0.3, 0.4) is 0 Å². The molecule has 1 aliphatic heterocycles. The number of nitrogens with zero attached hydrogens (tertiary/aromatic N) is 4. The number of fused-ring (bicyclic) bond motifs is 1. The Morgan fingerprint density at radius 1 is 1.22 bits per heavy atom. The molecule has 1 N–H and O–H groups in total. The highest BCUT2D eigenvalue weighted by Gasteiger charge is 2.19. The lowest BCUT2D eigenvalue weighted by molar-refractivity contribution is -0.122. The molecule has 6 heteroatoms. The molecule has 23 heavy (non-hydrogen) atoms. The van der Waals surface area contributed by atoms with E-state index in [1.807, 2.05) is 24.3 Å². The van der Waals surface area contributed by atoms with Crippen LogP contribution in [0.5, 0.6) is 0 Å². The first kappa shape index (κ1) is 15.9. The van der Waals surface area contributed by atoms with E-state index in [2.05, 4.69) is 27.3 Å². The van der Waals surface area contributed by atoms with Gasteiger partial charge in [-0.2, -0.15) is 15.0 Å². The number of hydrogen-bond donors (Lipinski definition) is 1. The van der Waals surface area contributed by atoms with E-state index in [1.54, 1.807) is 0 Å². The summed E-state index contributed by atoms with van der Waals surface area (Å²) in [5.41, 5.74) is 1.65. The van der Waals surface area contributed by atoms with Gasteiger partial charge in [0.2, 0.25) is 5.91 Å². The molecule has 6 nitrogen and oxygen atoms in total. The Bertz CT molecular complexity index is 612. The lowest BCUT2D eigenvalue weighted by Gasteiger charge is -2.31. The zero-order valence-corrected chi connectivity index (χ0v) is 13.7. The number of carbonyl (C=O) groups excluding carboxylic acids is 1. The van der Waals surface area contributed by atoms with Crippen molar-refractivity contribution < 1.29 is 4.79 Å². The topological polar surface area (TPSA) is 63.1 Å². The number of aromatic nitrogens is 3. The highest BCUT2D eigenvalue weighted by atomic mass is 16.2. The number of nitrogens with one attached hydrogen (secondary N) is 1. The summed E-state index contributed by atoms with van der Waals surface area (Å²) in [6.45, 7) is 6.67. The summed E-state index contributed by atoms with van der Waals surface area (Å²) in [6, 6.07) is 7.65. The molecule has 0 radical (unpaired) electrons. The smallest absolute Gasteiger partial charge is 0.243 e. The molecule has 1 amide bonds. The summed E-state index contributed by atoms with van der Waals surface area (Å²) in [6.07, 6.45) is 3.56. The highest BCUT2D eigenvalue weighted by molar-refractivity contribution is 5.77. The number of likely N-dealkylation sites (tertiary alicyclic amines) is 1. The second-order valence-corrected chi connectivity index (χ2v) is 6.31. The van der Waals surface area contributed by atoms with Crippen LogP contribution in [0.25, 0.3) is 11.0 Å². The van der Waals surface area contributed by atoms with E-state index in [0.29, 0.717) is 5.92 Å².